The van der Waals surface area contributed by atoms with E-state index in [1.165, 1.54) is 11.3 Å². The molecule has 4 heteroatoms. The average molecular weight is 402 g/mol. The number of fused-ring (bicyclic) bond motifs is 1. The second-order valence-electron chi connectivity index (χ2n) is 8.83. The maximum absolute atomic E-state index is 12.6. The number of nitriles is 1. The minimum atomic E-state index is -0.386. The van der Waals surface area contributed by atoms with E-state index in [1.54, 1.807) is 6.08 Å². The van der Waals surface area contributed by atoms with E-state index < -0.39 is 0 Å². The highest BCUT2D eigenvalue weighted by atomic mass is 16.1. The second kappa shape index (κ2) is 8.75. The standard InChI is InChI=1S/C26H31N3O/c1-6-12-29-24-13-18(2)20(15-23(24)19(3)16-26(29,4)5)14-21(17-27)25(30)28-22-10-8-7-9-11-22/h7-11,13-15,19H,6,12,16H2,1-5H3,(H,28,30)/b21-14+. The zero-order valence-corrected chi connectivity index (χ0v) is 18.6. The summed E-state index contributed by atoms with van der Waals surface area (Å²) in [4.78, 5) is 15.1. The summed E-state index contributed by atoms with van der Waals surface area (Å²) in [5.41, 5.74) is 5.46. The lowest BCUT2D eigenvalue weighted by molar-refractivity contribution is -0.112. The summed E-state index contributed by atoms with van der Waals surface area (Å²) < 4.78 is 0. The van der Waals surface area contributed by atoms with Crippen molar-refractivity contribution < 1.29 is 4.79 Å². The van der Waals surface area contributed by atoms with E-state index in [1.807, 2.05) is 37.3 Å². The Kier molecular flexibility index (Phi) is 6.31. The van der Waals surface area contributed by atoms with Gasteiger partial charge < -0.3 is 10.2 Å². The largest absolute Gasteiger partial charge is 0.366 e. The summed E-state index contributed by atoms with van der Waals surface area (Å²) in [5, 5.41) is 12.4. The molecule has 2 aromatic carbocycles. The summed E-state index contributed by atoms with van der Waals surface area (Å²) in [7, 11) is 0. The van der Waals surface area contributed by atoms with E-state index in [0.717, 1.165) is 30.5 Å². The fourth-order valence-electron chi connectivity index (χ4n) is 4.48. The van der Waals surface area contributed by atoms with Crippen LogP contribution in [0.3, 0.4) is 0 Å². The van der Waals surface area contributed by atoms with Gasteiger partial charge in [0.25, 0.3) is 5.91 Å². The molecule has 3 rings (SSSR count). The molecule has 1 atom stereocenters. The Bertz CT molecular complexity index is 999. The van der Waals surface area contributed by atoms with Crippen LogP contribution in [0.2, 0.25) is 0 Å². The first-order valence-corrected chi connectivity index (χ1v) is 10.7. The van der Waals surface area contributed by atoms with Crippen molar-refractivity contribution in [3.05, 3.63) is 64.7 Å². The van der Waals surface area contributed by atoms with Gasteiger partial charge in [0.1, 0.15) is 11.6 Å². The predicted octanol–water partition coefficient (Wildman–Crippen LogP) is 6.04. The first-order valence-electron chi connectivity index (χ1n) is 10.7. The number of carbonyl (C=O) groups excluding carboxylic acids is 1. The Hall–Kier alpha value is -3.06. The van der Waals surface area contributed by atoms with E-state index in [2.05, 4.69) is 56.1 Å². The molecule has 0 aromatic heterocycles. The molecule has 1 amide bonds. The summed E-state index contributed by atoms with van der Waals surface area (Å²) >= 11 is 0. The van der Waals surface area contributed by atoms with Gasteiger partial charge >= 0.3 is 0 Å². The zero-order valence-electron chi connectivity index (χ0n) is 18.6. The normalized spacial score (nSPS) is 17.8. The quantitative estimate of drug-likeness (QED) is 0.491. The van der Waals surface area contributed by atoms with Crippen LogP contribution in [-0.4, -0.2) is 18.0 Å². The number of para-hydroxylation sites is 1. The van der Waals surface area contributed by atoms with Gasteiger partial charge in [0.05, 0.1) is 0 Å². The zero-order chi connectivity index (χ0) is 21.9. The molecular formula is C26H31N3O. The lowest BCUT2D eigenvalue weighted by Crippen LogP contribution is -2.48. The van der Waals surface area contributed by atoms with Crippen LogP contribution in [0.25, 0.3) is 6.08 Å². The predicted molar refractivity (Wildman–Crippen MR) is 125 cm³/mol. The third-order valence-electron chi connectivity index (χ3n) is 5.92. The number of hydrogen-bond donors (Lipinski definition) is 1. The molecule has 1 unspecified atom stereocenters. The van der Waals surface area contributed by atoms with Gasteiger partial charge in [0.2, 0.25) is 0 Å². The first-order chi connectivity index (χ1) is 14.3. The van der Waals surface area contributed by atoms with Crippen molar-refractivity contribution >= 4 is 23.4 Å². The van der Waals surface area contributed by atoms with Crippen LogP contribution in [0.15, 0.2) is 48.0 Å². The topological polar surface area (TPSA) is 56.1 Å². The molecule has 4 nitrogen and oxygen atoms in total. The SMILES string of the molecule is CCCN1c2cc(C)c(/C=C(\C#N)C(=O)Nc3ccccc3)cc2C(C)CC1(C)C. The van der Waals surface area contributed by atoms with Gasteiger partial charge in [-0.2, -0.15) is 5.26 Å². The van der Waals surface area contributed by atoms with Crippen molar-refractivity contribution in [2.75, 3.05) is 16.8 Å². The molecule has 1 N–H and O–H groups in total. The molecule has 2 aromatic rings. The van der Waals surface area contributed by atoms with Crippen molar-refractivity contribution in [1.82, 2.24) is 0 Å². The van der Waals surface area contributed by atoms with Crippen LogP contribution in [0.1, 0.15) is 63.1 Å². The van der Waals surface area contributed by atoms with Gasteiger partial charge in [0.15, 0.2) is 0 Å². The molecule has 156 valence electrons. The number of carbonyl (C=O) groups is 1. The van der Waals surface area contributed by atoms with E-state index in [9.17, 15) is 10.1 Å². The number of anilines is 2. The monoisotopic (exact) mass is 401 g/mol. The highest BCUT2D eigenvalue weighted by Gasteiger charge is 2.36. The van der Waals surface area contributed by atoms with Gasteiger partial charge in [-0.1, -0.05) is 32.0 Å². The summed E-state index contributed by atoms with van der Waals surface area (Å²) in [6.07, 6.45) is 3.88. The minimum absolute atomic E-state index is 0.108. The third-order valence-corrected chi connectivity index (χ3v) is 5.92. The summed E-state index contributed by atoms with van der Waals surface area (Å²) in [6, 6.07) is 15.7. The van der Waals surface area contributed by atoms with Crippen molar-refractivity contribution in [2.45, 2.75) is 58.9 Å². The second-order valence-corrected chi connectivity index (χ2v) is 8.83. The number of rotatable bonds is 5. The molecular weight excluding hydrogens is 370 g/mol. The highest BCUT2D eigenvalue weighted by Crippen LogP contribution is 2.44. The van der Waals surface area contributed by atoms with Crippen LogP contribution >= 0.6 is 0 Å². The van der Waals surface area contributed by atoms with Gasteiger partial charge in [-0.05, 0) is 86.6 Å². The molecule has 0 saturated heterocycles. The van der Waals surface area contributed by atoms with Gasteiger partial charge in [-0.3, -0.25) is 4.79 Å². The highest BCUT2D eigenvalue weighted by molar-refractivity contribution is 6.09. The third kappa shape index (κ3) is 4.41. The lowest BCUT2D eigenvalue weighted by atomic mass is 9.78. The molecule has 1 aliphatic rings. The van der Waals surface area contributed by atoms with Crippen molar-refractivity contribution in [1.29, 1.82) is 5.26 Å². The fourth-order valence-corrected chi connectivity index (χ4v) is 4.48. The van der Waals surface area contributed by atoms with E-state index in [0.29, 0.717) is 11.6 Å². The maximum Gasteiger partial charge on any atom is 0.266 e. The number of benzene rings is 2. The Morgan fingerprint density at radius 3 is 2.63 bits per heavy atom. The average Bonchev–Trinajstić information content (AvgIpc) is 2.70. The number of hydrogen-bond acceptors (Lipinski definition) is 3. The van der Waals surface area contributed by atoms with Crippen LogP contribution < -0.4 is 10.2 Å². The molecule has 1 heterocycles. The van der Waals surface area contributed by atoms with Crippen LogP contribution in [-0.2, 0) is 4.79 Å². The maximum atomic E-state index is 12.6. The minimum Gasteiger partial charge on any atom is -0.366 e. The molecule has 0 radical (unpaired) electrons. The van der Waals surface area contributed by atoms with Crippen molar-refractivity contribution in [3.63, 3.8) is 0 Å². The first kappa shape index (κ1) is 21.6. The van der Waals surface area contributed by atoms with E-state index in [-0.39, 0.29) is 17.0 Å². The molecule has 1 aliphatic heterocycles. The number of nitrogens with one attached hydrogen (secondary N) is 1. The Morgan fingerprint density at radius 2 is 2.00 bits per heavy atom. The van der Waals surface area contributed by atoms with Crippen LogP contribution in [0.4, 0.5) is 11.4 Å². The van der Waals surface area contributed by atoms with Crippen molar-refractivity contribution in [2.24, 2.45) is 0 Å². The van der Waals surface area contributed by atoms with E-state index >= 15 is 0 Å². The van der Waals surface area contributed by atoms with Gasteiger partial charge in [-0.15, -0.1) is 0 Å². The summed E-state index contributed by atoms with van der Waals surface area (Å²) in [6.45, 7) is 12.2. The van der Waals surface area contributed by atoms with Crippen LogP contribution in [0, 0.1) is 18.3 Å². The number of amides is 1. The molecule has 30 heavy (non-hydrogen) atoms. The number of aryl methyl sites for hydroxylation is 1. The molecule has 0 fully saturated rings. The van der Waals surface area contributed by atoms with E-state index in [4.69, 9.17) is 0 Å². The lowest BCUT2D eigenvalue weighted by Gasteiger charge is -2.48. The molecule has 0 spiro atoms. The fraction of sp³-hybridized carbons (Fsp3) is 0.385. The van der Waals surface area contributed by atoms with Gasteiger partial charge in [0, 0.05) is 23.5 Å². The smallest absolute Gasteiger partial charge is 0.266 e. The van der Waals surface area contributed by atoms with Gasteiger partial charge in [-0.25, -0.2) is 0 Å². The van der Waals surface area contributed by atoms with Crippen LogP contribution in [0.5, 0.6) is 0 Å². The number of nitrogens with zero attached hydrogens (tertiary/aromatic N) is 2. The molecule has 0 bridgehead atoms. The Balaban J connectivity index is 1.98. The molecule has 0 saturated carbocycles. The summed E-state index contributed by atoms with van der Waals surface area (Å²) in [5.74, 6) is 0.0298. The Morgan fingerprint density at radius 1 is 1.30 bits per heavy atom. The molecule has 0 aliphatic carbocycles. The van der Waals surface area contributed by atoms with Crippen molar-refractivity contribution in [3.8, 4) is 6.07 Å². The Labute approximate surface area is 180 Å².